The number of nitrogens with one attached hydrogen (secondary N) is 2. The first-order chi connectivity index (χ1) is 21.8. The maximum Gasteiger partial charge on any atom is 0.410 e. The number of benzene rings is 2. The van der Waals surface area contributed by atoms with Crippen LogP contribution in [0.4, 0.5) is 4.79 Å². The number of imidazole rings is 2. The number of nitrogens with zero attached hydrogens (tertiary/aromatic N) is 3. The van der Waals surface area contributed by atoms with Crippen molar-refractivity contribution in [3.05, 3.63) is 71.6 Å². The van der Waals surface area contributed by atoms with E-state index in [1.165, 1.54) is 79.2 Å². The van der Waals surface area contributed by atoms with Crippen molar-refractivity contribution in [3.8, 4) is 33.6 Å². The predicted octanol–water partition coefficient (Wildman–Crippen LogP) is 9.62. The van der Waals surface area contributed by atoms with E-state index >= 15 is 0 Å². The molecule has 1 amide bonds. The number of hydrogen-bond donors (Lipinski definition) is 2. The zero-order valence-electron chi connectivity index (χ0n) is 26.9. The molecule has 1 atom stereocenters. The van der Waals surface area contributed by atoms with Crippen molar-refractivity contribution in [2.75, 3.05) is 6.54 Å². The van der Waals surface area contributed by atoms with Gasteiger partial charge >= 0.3 is 6.09 Å². The van der Waals surface area contributed by atoms with Crippen LogP contribution in [-0.2, 0) is 4.74 Å². The number of rotatable bonds is 5. The monoisotopic (exact) mass is 603 g/mol. The van der Waals surface area contributed by atoms with Crippen molar-refractivity contribution in [3.63, 3.8) is 0 Å². The van der Waals surface area contributed by atoms with Crippen molar-refractivity contribution in [2.45, 2.75) is 114 Å². The van der Waals surface area contributed by atoms with Crippen LogP contribution >= 0.6 is 0 Å². The van der Waals surface area contributed by atoms with Gasteiger partial charge in [0.05, 0.1) is 29.8 Å². The molecule has 2 bridgehead atoms. The van der Waals surface area contributed by atoms with E-state index in [0.29, 0.717) is 24.3 Å². The smallest absolute Gasteiger partial charge is 0.410 e. The van der Waals surface area contributed by atoms with Gasteiger partial charge in [0.1, 0.15) is 17.2 Å². The molecule has 5 aliphatic rings. The lowest BCUT2D eigenvalue weighted by Crippen LogP contribution is -2.36. The molecule has 7 nitrogen and oxygen atoms in total. The summed E-state index contributed by atoms with van der Waals surface area (Å²) in [7, 11) is 0. The van der Waals surface area contributed by atoms with Gasteiger partial charge in [-0.15, -0.1) is 0 Å². The second-order valence-corrected chi connectivity index (χ2v) is 14.8. The summed E-state index contributed by atoms with van der Waals surface area (Å²) in [6, 6.07) is 13.7. The number of likely N-dealkylation sites (tertiary alicyclic amines) is 1. The highest BCUT2D eigenvalue weighted by molar-refractivity contribution is 5.79. The molecule has 7 heteroatoms. The molecule has 2 aromatic carbocycles. The third-order valence-corrected chi connectivity index (χ3v) is 10.8. The number of aromatic nitrogens is 4. The Balaban J connectivity index is 1.10. The number of amides is 1. The number of aromatic amines is 2. The molecular weight excluding hydrogens is 558 g/mol. The third-order valence-electron chi connectivity index (χ3n) is 10.8. The van der Waals surface area contributed by atoms with Crippen LogP contribution in [0.15, 0.2) is 48.8 Å². The van der Waals surface area contributed by atoms with Crippen LogP contribution in [-0.4, -0.2) is 43.1 Å². The first kappa shape index (κ1) is 28.6. The third kappa shape index (κ3) is 5.28. The Morgan fingerprint density at radius 3 is 2.02 bits per heavy atom. The van der Waals surface area contributed by atoms with Gasteiger partial charge in [-0.1, -0.05) is 49.2 Å². The molecule has 4 aliphatic carbocycles. The van der Waals surface area contributed by atoms with E-state index < -0.39 is 5.60 Å². The fraction of sp³-hybridized carbons (Fsp3) is 0.500. The summed E-state index contributed by atoms with van der Waals surface area (Å²) in [6.07, 6.45) is 15.8. The van der Waals surface area contributed by atoms with E-state index in [1.807, 2.05) is 38.1 Å². The summed E-state index contributed by atoms with van der Waals surface area (Å²) in [5.41, 5.74) is 9.84. The number of hydrogen-bond acceptors (Lipinski definition) is 4. The minimum Gasteiger partial charge on any atom is -0.444 e. The Bertz CT molecular complexity index is 1700. The molecular formula is C38H45N5O2. The van der Waals surface area contributed by atoms with E-state index in [2.05, 4.69) is 46.4 Å². The summed E-state index contributed by atoms with van der Waals surface area (Å²) < 4.78 is 5.72. The largest absolute Gasteiger partial charge is 0.444 e. The number of fused-ring (bicyclic) bond motifs is 2. The number of H-pyrrole nitrogens is 2. The maximum absolute atomic E-state index is 13.0. The van der Waals surface area contributed by atoms with Gasteiger partial charge in [0.25, 0.3) is 0 Å². The molecule has 9 rings (SSSR count). The SMILES string of the molecule is CC(C)(C)OC(=O)N1CCC[C@H]1c1ncc(-c2ccc(-c3ccc(-c4cnc(C5CCCC5)[nH]4)cc3)c3c2C2CCC3CC2)[nH]1. The molecule has 4 aromatic rings. The average Bonchev–Trinajstić information content (AvgIpc) is 3.87. The summed E-state index contributed by atoms with van der Waals surface area (Å²) in [4.78, 5) is 31.7. The first-order valence-electron chi connectivity index (χ1n) is 17.2. The second kappa shape index (κ2) is 11.2. The second-order valence-electron chi connectivity index (χ2n) is 14.8. The number of carbonyl (C=O) groups is 1. The van der Waals surface area contributed by atoms with Crippen molar-refractivity contribution >= 4 is 6.09 Å². The van der Waals surface area contributed by atoms with E-state index in [0.717, 1.165) is 35.9 Å². The standard InChI is InChI=1S/C38H45N5O2/c1-38(2,3)45-37(44)43-20-6-9-32(43)36-40-22-31(42-36)29-19-18-28(33-25-14-16-26(17-15-25)34(29)33)23-10-12-24(13-11-23)30-21-39-35(41-30)27-7-4-5-8-27/h10-13,18-19,21-22,25-27,32H,4-9,14-17,20H2,1-3H3,(H,39,41)(H,40,42)/t25?,26?,32-/m0/s1. The Morgan fingerprint density at radius 1 is 0.711 bits per heavy atom. The van der Waals surface area contributed by atoms with Crippen LogP contribution in [0.2, 0.25) is 0 Å². The van der Waals surface area contributed by atoms with Crippen LogP contribution in [0.1, 0.15) is 132 Å². The van der Waals surface area contributed by atoms with Crippen molar-refractivity contribution < 1.29 is 9.53 Å². The Morgan fingerprint density at radius 2 is 1.31 bits per heavy atom. The van der Waals surface area contributed by atoms with Crippen LogP contribution in [0.3, 0.4) is 0 Å². The molecule has 3 heterocycles. The molecule has 234 valence electrons. The molecule has 1 saturated heterocycles. The van der Waals surface area contributed by atoms with Gasteiger partial charge in [-0.2, -0.15) is 0 Å². The lowest BCUT2D eigenvalue weighted by Gasteiger charge is -2.41. The first-order valence-corrected chi connectivity index (χ1v) is 17.2. The molecule has 2 N–H and O–H groups in total. The van der Waals surface area contributed by atoms with E-state index in [-0.39, 0.29) is 12.1 Å². The normalized spacial score (nSPS) is 23.1. The van der Waals surface area contributed by atoms with Gasteiger partial charge in [0, 0.05) is 18.0 Å². The zero-order valence-corrected chi connectivity index (χ0v) is 26.9. The van der Waals surface area contributed by atoms with Gasteiger partial charge in [-0.3, -0.25) is 4.90 Å². The van der Waals surface area contributed by atoms with Crippen molar-refractivity contribution in [1.82, 2.24) is 24.8 Å². The molecule has 1 aliphatic heterocycles. The lowest BCUT2D eigenvalue weighted by atomic mass is 9.64. The average molecular weight is 604 g/mol. The van der Waals surface area contributed by atoms with Gasteiger partial charge < -0.3 is 14.7 Å². The molecule has 2 aromatic heterocycles. The molecule has 2 saturated carbocycles. The molecule has 45 heavy (non-hydrogen) atoms. The fourth-order valence-corrected chi connectivity index (χ4v) is 8.63. The molecule has 0 spiro atoms. The van der Waals surface area contributed by atoms with Crippen molar-refractivity contribution in [2.24, 2.45) is 0 Å². The Kier molecular flexibility index (Phi) is 7.10. The van der Waals surface area contributed by atoms with Gasteiger partial charge in [-0.05, 0) is 112 Å². The summed E-state index contributed by atoms with van der Waals surface area (Å²) in [5, 5.41) is 0. The van der Waals surface area contributed by atoms with E-state index in [1.54, 1.807) is 5.56 Å². The fourth-order valence-electron chi connectivity index (χ4n) is 8.63. The Hall–Kier alpha value is -3.87. The van der Waals surface area contributed by atoms with Crippen LogP contribution in [0.5, 0.6) is 0 Å². The molecule has 0 unspecified atom stereocenters. The zero-order chi connectivity index (χ0) is 30.7. The minimum atomic E-state index is -0.517. The topological polar surface area (TPSA) is 86.9 Å². The van der Waals surface area contributed by atoms with E-state index in [4.69, 9.17) is 14.7 Å². The molecule has 0 radical (unpaired) electrons. The van der Waals surface area contributed by atoms with Crippen molar-refractivity contribution in [1.29, 1.82) is 0 Å². The van der Waals surface area contributed by atoms with Gasteiger partial charge in [-0.25, -0.2) is 14.8 Å². The maximum atomic E-state index is 13.0. The highest BCUT2D eigenvalue weighted by atomic mass is 16.6. The quantitative estimate of drug-likeness (QED) is 0.238. The summed E-state index contributed by atoms with van der Waals surface area (Å²) in [6.45, 7) is 6.45. The summed E-state index contributed by atoms with van der Waals surface area (Å²) >= 11 is 0. The highest BCUT2D eigenvalue weighted by Crippen LogP contribution is 2.55. The van der Waals surface area contributed by atoms with Crippen LogP contribution in [0, 0.1) is 0 Å². The van der Waals surface area contributed by atoms with Crippen LogP contribution in [0.25, 0.3) is 33.6 Å². The van der Waals surface area contributed by atoms with E-state index in [9.17, 15) is 4.79 Å². The highest BCUT2D eigenvalue weighted by Gasteiger charge is 2.38. The minimum absolute atomic E-state index is 0.0808. The van der Waals surface area contributed by atoms with Gasteiger partial charge in [0.15, 0.2) is 0 Å². The molecule has 3 fully saturated rings. The predicted molar refractivity (Wildman–Crippen MR) is 177 cm³/mol. The summed E-state index contributed by atoms with van der Waals surface area (Å²) in [5.74, 6) is 3.78. The number of carbonyl (C=O) groups excluding carboxylic acids is 1. The van der Waals surface area contributed by atoms with Gasteiger partial charge in [0.2, 0.25) is 0 Å². The number of ether oxygens (including phenoxy) is 1. The lowest BCUT2D eigenvalue weighted by molar-refractivity contribution is 0.0218. The Labute approximate surface area is 266 Å². The van der Waals surface area contributed by atoms with Crippen LogP contribution < -0.4 is 0 Å².